The molecular weight excluding hydrogens is 196 g/mol. The first-order valence-corrected chi connectivity index (χ1v) is 6.64. The zero-order valence-electron chi connectivity index (χ0n) is 8.79. The molecule has 0 aromatic rings. The van der Waals surface area contributed by atoms with Crippen LogP contribution in [-0.4, -0.2) is 30.5 Å². The average molecular weight is 216 g/mol. The molecule has 1 amide bonds. The maximum atomic E-state index is 11.3. The minimum Gasteiger partial charge on any atom is -0.355 e. The fraction of sp³-hybridized carbons (Fsp3) is 0.900. The molecule has 1 unspecified atom stereocenters. The third kappa shape index (κ3) is 4.86. The molecule has 4 heteroatoms. The van der Waals surface area contributed by atoms with Crippen molar-refractivity contribution in [2.24, 2.45) is 11.7 Å². The molecule has 1 saturated carbocycles. The van der Waals surface area contributed by atoms with Crippen LogP contribution in [-0.2, 0) is 4.79 Å². The first kappa shape index (κ1) is 11.9. The van der Waals surface area contributed by atoms with Crippen molar-refractivity contribution in [2.75, 3.05) is 18.6 Å². The molecule has 0 spiro atoms. The van der Waals surface area contributed by atoms with E-state index < -0.39 is 0 Å². The summed E-state index contributed by atoms with van der Waals surface area (Å²) >= 11 is 1.78. The summed E-state index contributed by atoms with van der Waals surface area (Å²) < 4.78 is 0. The molecule has 3 nitrogen and oxygen atoms in total. The number of carbonyl (C=O) groups excluding carboxylic acids is 1. The van der Waals surface area contributed by atoms with Gasteiger partial charge >= 0.3 is 0 Å². The highest BCUT2D eigenvalue weighted by atomic mass is 32.2. The molecule has 0 aromatic heterocycles. The van der Waals surface area contributed by atoms with E-state index in [1.54, 1.807) is 11.8 Å². The van der Waals surface area contributed by atoms with E-state index >= 15 is 0 Å². The number of hydrogen-bond donors (Lipinski definition) is 2. The van der Waals surface area contributed by atoms with E-state index in [1.807, 2.05) is 0 Å². The summed E-state index contributed by atoms with van der Waals surface area (Å²) in [5.74, 6) is 1.87. The van der Waals surface area contributed by atoms with Crippen LogP contribution in [0.15, 0.2) is 0 Å². The van der Waals surface area contributed by atoms with Crippen LogP contribution >= 0.6 is 11.8 Å². The van der Waals surface area contributed by atoms with Gasteiger partial charge in [0.2, 0.25) is 5.91 Å². The molecule has 3 N–H and O–H groups in total. The Balaban J connectivity index is 1.96. The van der Waals surface area contributed by atoms with E-state index in [-0.39, 0.29) is 11.9 Å². The van der Waals surface area contributed by atoms with Crippen molar-refractivity contribution < 1.29 is 4.79 Å². The summed E-state index contributed by atoms with van der Waals surface area (Å²) in [4.78, 5) is 11.3. The Labute approximate surface area is 90.2 Å². The zero-order valence-corrected chi connectivity index (χ0v) is 9.61. The Hall–Kier alpha value is -0.220. The lowest BCUT2D eigenvalue weighted by Gasteiger charge is -2.11. The molecular formula is C10H20N2OS. The third-order valence-electron chi connectivity index (χ3n) is 2.51. The van der Waals surface area contributed by atoms with Crippen molar-refractivity contribution in [3.05, 3.63) is 0 Å². The van der Waals surface area contributed by atoms with Gasteiger partial charge in [-0.25, -0.2) is 0 Å². The van der Waals surface area contributed by atoms with Crippen LogP contribution in [0.25, 0.3) is 0 Å². The van der Waals surface area contributed by atoms with Crippen molar-refractivity contribution in [3.63, 3.8) is 0 Å². The van der Waals surface area contributed by atoms with Crippen LogP contribution in [0.5, 0.6) is 0 Å². The molecule has 82 valence electrons. The minimum absolute atomic E-state index is 0.148. The van der Waals surface area contributed by atoms with Crippen LogP contribution in [0.2, 0.25) is 0 Å². The Morgan fingerprint density at radius 2 is 2.36 bits per heavy atom. The maximum Gasteiger partial charge on any atom is 0.220 e. The second-order valence-corrected chi connectivity index (χ2v) is 4.89. The van der Waals surface area contributed by atoms with Gasteiger partial charge in [0.05, 0.1) is 0 Å². The van der Waals surface area contributed by atoms with Crippen molar-refractivity contribution in [3.8, 4) is 0 Å². The Morgan fingerprint density at radius 3 is 2.93 bits per heavy atom. The molecule has 0 saturated heterocycles. The number of hydrogen-bond acceptors (Lipinski definition) is 3. The van der Waals surface area contributed by atoms with E-state index in [0.717, 1.165) is 12.2 Å². The van der Waals surface area contributed by atoms with E-state index in [2.05, 4.69) is 11.6 Å². The molecule has 0 bridgehead atoms. The lowest BCUT2D eigenvalue weighted by atomic mass is 10.2. The monoisotopic (exact) mass is 216 g/mol. The summed E-state index contributed by atoms with van der Waals surface area (Å²) in [7, 11) is 0. The fourth-order valence-corrected chi connectivity index (χ4v) is 1.82. The van der Waals surface area contributed by atoms with Gasteiger partial charge in [0.1, 0.15) is 0 Å². The predicted octanol–water partition coefficient (Wildman–Crippen LogP) is 0.983. The quantitative estimate of drug-likeness (QED) is 0.624. The molecule has 0 aromatic carbocycles. The van der Waals surface area contributed by atoms with Gasteiger partial charge in [0.25, 0.3) is 0 Å². The van der Waals surface area contributed by atoms with Gasteiger partial charge in [-0.3, -0.25) is 4.79 Å². The normalized spacial score (nSPS) is 17.9. The van der Waals surface area contributed by atoms with Crippen molar-refractivity contribution >= 4 is 17.7 Å². The average Bonchev–Trinajstić information content (AvgIpc) is 2.98. The van der Waals surface area contributed by atoms with Crippen LogP contribution in [0, 0.1) is 5.92 Å². The van der Waals surface area contributed by atoms with E-state index in [1.165, 1.54) is 12.8 Å². The van der Waals surface area contributed by atoms with Crippen LogP contribution in [0.1, 0.15) is 25.7 Å². The Kier molecular flexibility index (Phi) is 5.33. The van der Waals surface area contributed by atoms with Gasteiger partial charge in [0, 0.05) is 19.0 Å². The molecule has 0 radical (unpaired) electrons. The van der Waals surface area contributed by atoms with Crippen molar-refractivity contribution in [1.82, 2.24) is 5.32 Å². The number of rotatable bonds is 7. The number of carbonyl (C=O) groups is 1. The van der Waals surface area contributed by atoms with Crippen LogP contribution in [0.3, 0.4) is 0 Å². The van der Waals surface area contributed by atoms with E-state index in [9.17, 15) is 4.79 Å². The zero-order chi connectivity index (χ0) is 10.4. The second kappa shape index (κ2) is 6.30. The van der Waals surface area contributed by atoms with Crippen molar-refractivity contribution in [1.29, 1.82) is 0 Å². The second-order valence-electron chi connectivity index (χ2n) is 3.90. The first-order valence-electron chi connectivity index (χ1n) is 5.25. The van der Waals surface area contributed by atoms with E-state index in [0.29, 0.717) is 18.9 Å². The molecule has 0 heterocycles. The molecule has 1 fully saturated rings. The largest absolute Gasteiger partial charge is 0.355 e. The lowest BCUT2D eigenvalue weighted by molar-refractivity contribution is -0.121. The summed E-state index contributed by atoms with van der Waals surface area (Å²) in [5, 5.41) is 2.89. The van der Waals surface area contributed by atoms with Gasteiger partial charge in [-0.1, -0.05) is 0 Å². The van der Waals surface area contributed by atoms with Gasteiger partial charge < -0.3 is 11.1 Å². The molecule has 14 heavy (non-hydrogen) atoms. The van der Waals surface area contributed by atoms with Gasteiger partial charge in [-0.05, 0) is 37.2 Å². The lowest BCUT2D eigenvalue weighted by Crippen LogP contribution is -2.38. The molecule has 0 aliphatic heterocycles. The summed E-state index contributed by atoms with van der Waals surface area (Å²) in [5.41, 5.74) is 5.86. The standard InChI is InChI=1S/C10H20N2OS/c1-14-6-2-3-10(13)12-7-9(11)8-4-5-8/h8-9H,2-7,11H2,1H3,(H,12,13). The highest BCUT2D eigenvalue weighted by Gasteiger charge is 2.28. The van der Waals surface area contributed by atoms with Crippen LogP contribution < -0.4 is 11.1 Å². The number of thioether (sulfide) groups is 1. The van der Waals surface area contributed by atoms with Crippen LogP contribution in [0.4, 0.5) is 0 Å². The van der Waals surface area contributed by atoms with Gasteiger partial charge in [0.15, 0.2) is 0 Å². The number of nitrogens with two attached hydrogens (primary N) is 1. The fourth-order valence-electron chi connectivity index (χ4n) is 1.39. The summed E-state index contributed by atoms with van der Waals surface area (Å²) in [6, 6.07) is 0.180. The highest BCUT2D eigenvalue weighted by molar-refractivity contribution is 7.98. The number of amides is 1. The summed E-state index contributed by atoms with van der Waals surface area (Å²) in [6.45, 7) is 0.656. The Morgan fingerprint density at radius 1 is 1.64 bits per heavy atom. The highest BCUT2D eigenvalue weighted by Crippen LogP contribution is 2.31. The minimum atomic E-state index is 0.148. The number of nitrogens with one attached hydrogen (secondary N) is 1. The molecule has 1 aliphatic rings. The molecule has 1 rings (SSSR count). The van der Waals surface area contributed by atoms with Crippen molar-refractivity contribution in [2.45, 2.75) is 31.7 Å². The van der Waals surface area contributed by atoms with Gasteiger partial charge in [-0.15, -0.1) is 0 Å². The van der Waals surface area contributed by atoms with E-state index in [4.69, 9.17) is 5.73 Å². The third-order valence-corrected chi connectivity index (χ3v) is 3.21. The predicted molar refractivity (Wildman–Crippen MR) is 61.3 cm³/mol. The summed E-state index contributed by atoms with van der Waals surface area (Å²) in [6.07, 6.45) is 6.14. The Bertz CT molecular complexity index is 183. The molecule has 1 atom stereocenters. The molecule has 1 aliphatic carbocycles. The SMILES string of the molecule is CSCCCC(=O)NCC(N)C1CC1. The first-order chi connectivity index (χ1) is 6.74. The topological polar surface area (TPSA) is 55.1 Å². The smallest absolute Gasteiger partial charge is 0.220 e. The van der Waals surface area contributed by atoms with Gasteiger partial charge in [-0.2, -0.15) is 11.8 Å². The maximum absolute atomic E-state index is 11.3.